The molecule has 0 atom stereocenters. The number of halogens is 3. The SMILES string of the molecule is Cc1ccc(OCC(F)F)c(S(=O)(=O)Cl)c1. The molecule has 16 heavy (non-hydrogen) atoms. The van der Waals surface area contributed by atoms with E-state index in [2.05, 4.69) is 4.74 Å². The van der Waals surface area contributed by atoms with Gasteiger partial charge in [-0.05, 0) is 24.6 Å². The second kappa shape index (κ2) is 4.97. The molecule has 0 aliphatic rings. The van der Waals surface area contributed by atoms with Gasteiger partial charge in [0.05, 0.1) is 0 Å². The van der Waals surface area contributed by atoms with Crippen LogP contribution >= 0.6 is 10.7 Å². The molecule has 0 heterocycles. The second-order valence-electron chi connectivity index (χ2n) is 3.09. The Morgan fingerprint density at radius 1 is 1.44 bits per heavy atom. The van der Waals surface area contributed by atoms with Crippen LogP contribution in [0.5, 0.6) is 5.75 Å². The Labute approximate surface area is 96.4 Å². The molecule has 0 aromatic heterocycles. The lowest BCUT2D eigenvalue weighted by Gasteiger charge is -2.09. The van der Waals surface area contributed by atoms with Gasteiger partial charge in [0.25, 0.3) is 15.5 Å². The molecule has 0 bridgehead atoms. The lowest BCUT2D eigenvalue weighted by Crippen LogP contribution is -2.09. The number of hydrogen-bond donors (Lipinski definition) is 0. The van der Waals surface area contributed by atoms with E-state index in [-0.39, 0.29) is 10.6 Å². The molecule has 1 aromatic carbocycles. The van der Waals surface area contributed by atoms with Gasteiger partial charge in [0.1, 0.15) is 17.3 Å². The summed E-state index contributed by atoms with van der Waals surface area (Å²) < 4.78 is 50.8. The second-order valence-corrected chi connectivity index (χ2v) is 5.62. The minimum Gasteiger partial charge on any atom is -0.486 e. The molecule has 0 saturated heterocycles. The summed E-state index contributed by atoms with van der Waals surface area (Å²) in [5, 5.41) is 0. The molecule has 0 aliphatic carbocycles. The highest BCUT2D eigenvalue weighted by molar-refractivity contribution is 8.13. The Balaban J connectivity index is 3.09. The maximum atomic E-state index is 11.9. The van der Waals surface area contributed by atoms with Gasteiger partial charge >= 0.3 is 0 Å². The van der Waals surface area contributed by atoms with Crippen LogP contribution in [0, 0.1) is 6.92 Å². The molecule has 0 saturated carbocycles. The molecule has 90 valence electrons. The number of ether oxygens (including phenoxy) is 1. The quantitative estimate of drug-likeness (QED) is 0.790. The zero-order valence-electron chi connectivity index (χ0n) is 8.28. The molecule has 1 rings (SSSR count). The van der Waals surface area contributed by atoms with E-state index in [0.717, 1.165) is 0 Å². The first-order chi connectivity index (χ1) is 7.30. The molecule has 1 aromatic rings. The summed E-state index contributed by atoms with van der Waals surface area (Å²) in [6.45, 7) is 0.783. The topological polar surface area (TPSA) is 43.4 Å². The van der Waals surface area contributed by atoms with Crippen LogP contribution in [0.1, 0.15) is 5.56 Å². The third-order valence-corrected chi connectivity index (χ3v) is 3.07. The predicted octanol–water partition coefficient (Wildman–Crippen LogP) is 2.57. The first kappa shape index (κ1) is 13.2. The Morgan fingerprint density at radius 2 is 2.06 bits per heavy atom. The van der Waals surface area contributed by atoms with E-state index in [1.54, 1.807) is 13.0 Å². The summed E-state index contributed by atoms with van der Waals surface area (Å²) in [4.78, 5) is -0.296. The summed E-state index contributed by atoms with van der Waals surface area (Å²) in [5.74, 6) is -0.166. The molecule has 0 N–H and O–H groups in total. The fourth-order valence-corrected chi connectivity index (χ4v) is 2.13. The summed E-state index contributed by atoms with van der Waals surface area (Å²) in [5.41, 5.74) is 0.642. The molecule has 0 spiro atoms. The van der Waals surface area contributed by atoms with Crippen molar-refractivity contribution < 1.29 is 21.9 Å². The minimum atomic E-state index is -4.00. The Kier molecular flexibility index (Phi) is 4.09. The number of benzene rings is 1. The monoisotopic (exact) mass is 270 g/mol. The molecule has 0 radical (unpaired) electrons. The van der Waals surface area contributed by atoms with Gasteiger partial charge in [-0.2, -0.15) is 0 Å². The summed E-state index contributed by atoms with van der Waals surface area (Å²) in [6.07, 6.45) is -2.67. The summed E-state index contributed by atoms with van der Waals surface area (Å²) in [7, 11) is 1.15. The highest BCUT2D eigenvalue weighted by Gasteiger charge is 2.18. The van der Waals surface area contributed by atoms with E-state index >= 15 is 0 Å². The Bertz CT molecular complexity index is 474. The molecule has 0 fully saturated rings. The van der Waals surface area contributed by atoms with Crippen LogP contribution in [0.4, 0.5) is 8.78 Å². The van der Waals surface area contributed by atoms with Crippen molar-refractivity contribution in [2.24, 2.45) is 0 Å². The van der Waals surface area contributed by atoms with Crippen molar-refractivity contribution in [1.82, 2.24) is 0 Å². The lowest BCUT2D eigenvalue weighted by molar-refractivity contribution is 0.0804. The maximum Gasteiger partial charge on any atom is 0.272 e. The zero-order chi connectivity index (χ0) is 12.3. The van der Waals surface area contributed by atoms with Crippen molar-refractivity contribution in [2.75, 3.05) is 6.61 Å². The van der Waals surface area contributed by atoms with Crippen LogP contribution in [0.25, 0.3) is 0 Å². The summed E-state index contributed by atoms with van der Waals surface area (Å²) >= 11 is 0. The average molecular weight is 271 g/mol. The average Bonchev–Trinajstić information content (AvgIpc) is 2.14. The van der Waals surface area contributed by atoms with Gasteiger partial charge in [-0.15, -0.1) is 0 Å². The first-order valence-corrected chi connectivity index (χ1v) is 6.58. The van der Waals surface area contributed by atoms with Crippen molar-refractivity contribution >= 4 is 19.7 Å². The van der Waals surface area contributed by atoms with Crippen LogP contribution in [0.3, 0.4) is 0 Å². The van der Waals surface area contributed by atoms with Gasteiger partial charge in [0, 0.05) is 10.7 Å². The highest BCUT2D eigenvalue weighted by Crippen LogP contribution is 2.28. The number of rotatable bonds is 4. The third kappa shape index (κ3) is 3.61. The molecule has 0 unspecified atom stereocenters. The van der Waals surface area contributed by atoms with Crippen molar-refractivity contribution in [3.8, 4) is 5.75 Å². The number of alkyl halides is 2. The van der Waals surface area contributed by atoms with Gasteiger partial charge in [-0.25, -0.2) is 17.2 Å². The third-order valence-electron chi connectivity index (χ3n) is 1.73. The zero-order valence-corrected chi connectivity index (χ0v) is 9.86. The fraction of sp³-hybridized carbons (Fsp3) is 0.333. The lowest BCUT2D eigenvalue weighted by atomic mass is 10.2. The van der Waals surface area contributed by atoms with Gasteiger partial charge in [0.15, 0.2) is 0 Å². The van der Waals surface area contributed by atoms with Crippen LogP contribution in [0.2, 0.25) is 0 Å². The Hall–Kier alpha value is -0.880. The van der Waals surface area contributed by atoms with Crippen LogP contribution < -0.4 is 4.74 Å². The predicted molar refractivity (Wildman–Crippen MR) is 55.7 cm³/mol. The van der Waals surface area contributed by atoms with E-state index in [9.17, 15) is 17.2 Å². The smallest absolute Gasteiger partial charge is 0.272 e. The molecule has 0 aliphatic heterocycles. The normalized spacial score (nSPS) is 11.8. The summed E-state index contributed by atoms with van der Waals surface area (Å²) in [6, 6.07) is 4.11. The Morgan fingerprint density at radius 3 is 2.56 bits per heavy atom. The first-order valence-electron chi connectivity index (χ1n) is 4.27. The van der Waals surface area contributed by atoms with Gasteiger partial charge in [-0.3, -0.25) is 0 Å². The van der Waals surface area contributed by atoms with Crippen molar-refractivity contribution in [3.63, 3.8) is 0 Å². The maximum absolute atomic E-state index is 11.9. The molecular weight excluding hydrogens is 262 g/mol. The standard InChI is InChI=1S/C9H9ClF2O3S/c1-6-2-3-7(15-5-9(11)12)8(4-6)16(10,13)14/h2-4,9H,5H2,1H3. The van der Waals surface area contributed by atoms with E-state index in [1.807, 2.05) is 0 Å². The van der Waals surface area contributed by atoms with E-state index in [0.29, 0.717) is 5.56 Å². The van der Waals surface area contributed by atoms with E-state index in [4.69, 9.17) is 10.7 Å². The van der Waals surface area contributed by atoms with Crippen molar-refractivity contribution in [1.29, 1.82) is 0 Å². The van der Waals surface area contributed by atoms with Gasteiger partial charge in [0.2, 0.25) is 0 Å². The largest absolute Gasteiger partial charge is 0.486 e. The van der Waals surface area contributed by atoms with Gasteiger partial charge < -0.3 is 4.74 Å². The number of aryl methyl sites for hydroxylation is 1. The minimum absolute atomic E-state index is 0.166. The van der Waals surface area contributed by atoms with Crippen LogP contribution in [-0.4, -0.2) is 21.5 Å². The number of hydrogen-bond acceptors (Lipinski definition) is 3. The van der Waals surface area contributed by atoms with E-state index < -0.39 is 22.1 Å². The highest BCUT2D eigenvalue weighted by atomic mass is 35.7. The fourth-order valence-electron chi connectivity index (χ4n) is 1.08. The molecule has 3 nitrogen and oxygen atoms in total. The molecular formula is C9H9ClF2O3S. The molecule has 7 heteroatoms. The van der Waals surface area contributed by atoms with Gasteiger partial charge in [-0.1, -0.05) is 6.07 Å². The van der Waals surface area contributed by atoms with Crippen molar-refractivity contribution in [2.45, 2.75) is 18.2 Å². The van der Waals surface area contributed by atoms with Crippen molar-refractivity contribution in [3.05, 3.63) is 23.8 Å². The van der Waals surface area contributed by atoms with Crippen LogP contribution in [-0.2, 0) is 9.05 Å². The van der Waals surface area contributed by atoms with E-state index in [1.165, 1.54) is 12.1 Å². The van der Waals surface area contributed by atoms with Crippen LogP contribution in [0.15, 0.2) is 23.1 Å². The molecule has 0 amide bonds.